The molecule has 0 amide bonds. The molecule has 0 spiro atoms. The van der Waals surface area contributed by atoms with Gasteiger partial charge in [-0.05, 0) is 47.5 Å². The van der Waals surface area contributed by atoms with Gasteiger partial charge in [0.2, 0.25) is 0 Å². The summed E-state index contributed by atoms with van der Waals surface area (Å²) >= 11 is 1.81. The number of hydrogen-bond acceptors (Lipinski definition) is 3. The summed E-state index contributed by atoms with van der Waals surface area (Å²) in [6.45, 7) is 5.09. The molecule has 0 radical (unpaired) electrons. The summed E-state index contributed by atoms with van der Waals surface area (Å²) < 4.78 is 1.36. The van der Waals surface area contributed by atoms with E-state index in [9.17, 15) is 0 Å². The van der Waals surface area contributed by atoms with Crippen molar-refractivity contribution in [3.63, 3.8) is 0 Å². The number of aromatic nitrogens is 1. The zero-order valence-electron chi connectivity index (χ0n) is 11.8. The van der Waals surface area contributed by atoms with Gasteiger partial charge in [0.05, 0.1) is 6.04 Å². The van der Waals surface area contributed by atoms with Crippen molar-refractivity contribution < 1.29 is 0 Å². The number of nitrogens with one attached hydrogen (secondary N) is 1. The second-order valence-electron chi connectivity index (χ2n) is 4.91. The average molecular weight is 282 g/mol. The Bertz CT molecular complexity index is 700. The third-order valence-corrected chi connectivity index (χ3v) is 4.48. The zero-order valence-corrected chi connectivity index (χ0v) is 12.6. The molecule has 0 aliphatic rings. The highest BCUT2D eigenvalue weighted by atomic mass is 32.1. The first kappa shape index (κ1) is 13.3. The predicted octanol–water partition coefficient (Wildman–Crippen LogP) is 4.30. The van der Waals surface area contributed by atoms with Crippen molar-refractivity contribution in [2.45, 2.75) is 19.9 Å². The first-order chi connectivity index (χ1) is 9.79. The van der Waals surface area contributed by atoms with Crippen LogP contribution in [0.5, 0.6) is 0 Å². The Hall–Kier alpha value is -1.71. The van der Waals surface area contributed by atoms with Crippen LogP contribution in [-0.4, -0.2) is 11.5 Å². The number of nitrogens with zero attached hydrogens (tertiary/aromatic N) is 1. The van der Waals surface area contributed by atoms with E-state index in [1.54, 1.807) is 11.3 Å². The molecule has 1 atom stereocenters. The minimum Gasteiger partial charge on any atom is -0.306 e. The van der Waals surface area contributed by atoms with Gasteiger partial charge in [-0.3, -0.25) is 4.98 Å². The highest BCUT2D eigenvalue weighted by Gasteiger charge is 2.16. The summed E-state index contributed by atoms with van der Waals surface area (Å²) in [5.74, 6) is 0. The van der Waals surface area contributed by atoms with E-state index in [1.807, 2.05) is 13.1 Å². The largest absolute Gasteiger partial charge is 0.306 e. The SMILES string of the molecule is CCNC(c1ccc(C)nc1)c1cccc2ccsc12. The van der Waals surface area contributed by atoms with Crippen molar-refractivity contribution in [1.82, 2.24) is 10.3 Å². The second-order valence-corrected chi connectivity index (χ2v) is 5.83. The normalized spacial score (nSPS) is 12.7. The van der Waals surface area contributed by atoms with Gasteiger partial charge in [-0.1, -0.05) is 31.2 Å². The summed E-state index contributed by atoms with van der Waals surface area (Å²) in [5.41, 5.74) is 3.61. The molecule has 2 aromatic heterocycles. The molecule has 2 heterocycles. The molecule has 0 saturated heterocycles. The number of thiophene rings is 1. The average Bonchev–Trinajstić information content (AvgIpc) is 2.94. The molecule has 3 heteroatoms. The fourth-order valence-corrected chi connectivity index (χ4v) is 3.45. The standard InChI is InChI=1S/C17H18N2S/c1-3-18-16(14-8-7-12(2)19-11-14)15-6-4-5-13-9-10-20-17(13)15/h4-11,16,18H,3H2,1-2H3. The van der Waals surface area contributed by atoms with Crippen LogP contribution in [0.2, 0.25) is 0 Å². The van der Waals surface area contributed by atoms with Gasteiger partial charge >= 0.3 is 0 Å². The highest BCUT2D eigenvalue weighted by Crippen LogP contribution is 2.32. The lowest BCUT2D eigenvalue weighted by Crippen LogP contribution is -2.22. The van der Waals surface area contributed by atoms with E-state index in [4.69, 9.17) is 0 Å². The summed E-state index contributed by atoms with van der Waals surface area (Å²) in [6.07, 6.45) is 1.98. The first-order valence-corrected chi connectivity index (χ1v) is 7.79. The fourth-order valence-electron chi connectivity index (χ4n) is 2.50. The van der Waals surface area contributed by atoms with E-state index in [2.05, 4.69) is 59.0 Å². The Morgan fingerprint density at radius 2 is 2.10 bits per heavy atom. The number of fused-ring (bicyclic) bond motifs is 1. The van der Waals surface area contributed by atoms with Gasteiger partial charge in [-0.15, -0.1) is 11.3 Å². The molecule has 1 unspecified atom stereocenters. The predicted molar refractivity (Wildman–Crippen MR) is 86.3 cm³/mol. The fraction of sp³-hybridized carbons (Fsp3) is 0.235. The van der Waals surface area contributed by atoms with Crippen LogP contribution in [-0.2, 0) is 0 Å². The number of rotatable bonds is 4. The van der Waals surface area contributed by atoms with Gasteiger partial charge < -0.3 is 5.32 Å². The van der Waals surface area contributed by atoms with Gasteiger partial charge in [0.1, 0.15) is 0 Å². The molecule has 0 aliphatic carbocycles. The monoisotopic (exact) mass is 282 g/mol. The van der Waals surface area contributed by atoms with Crippen molar-refractivity contribution >= 4 is 21.4 Å². The van der Waals surface area contributed by atoms with Crippen LogP contribution in [0.15, 0.2) is 48.0 Å². The van der Waals surface area contributed by atoms with Crippen molar-refractivity contribution in [3.05, 3.63) is 64.8 Å². The minimum atomic E-state index is 0.204. The van der Waals surface area contributed by atoms with Gasteiger partial charge in [-0.25, -0.2) is 0 Å². The maximum atomic E-state index is 4.44. The Kier molecular flexibility index (Phi) is 3.81. The van der Waals surface area contributed by atoms with Crippen LogP contribution < -0.4 is 5.32 Å². The van der Waals surface area contributed by atoms with E-state index >= 15 is 0 Å². The Balaban J connectivity index is 2.10. The first-order valence-electron chi connectivity index (χ1n) is 6.91. The molecule has 20 heavy (non-hydrogen) atoms. The molecule has 2 nitrogen and oxygen atoms in total. The molecule has 102 valence electrons. The highest BCUT2D eigenvalue weighted by molar-refractivity contribution is 7.17. The summed E-state index contributed by atoms with van der Waals surface area (Å²) in [4.78, 5) is 4.44. The molecular weight excluding hydrogens is 264 g/mol. The Morgan fingerprint density at radius 1 is 1.20 bits per heavy atom. The van der Waals surface area contributed by atoms with Crippen LogP contribution in [0, 0.1) is 6.92 Å². The summed E-state index contributed by atoms with van der Waals surface area (Å²) in [7, 11) is 0. The number of aryl methyl sites for hydroxylation is 1. The molecular formula is C17H18N2S. The smallest absolute Gasteiger partial charge is 0.0606 e. The van der Waals surface area contributed by atoms with E-state index < -0.39 is 0 Å². The van der Waals surface area contributed by atoms with Gasteiger partial charge in [0, 0.05) is 16.6 Å². The molecule has 1 N–H and O–H groups in total. The Morgan fingerprint density at radius 3 is 2.85 bits per heavy atom. The zero-order chi connectivity index (χ0) is 13.9. The third-order valence-electron chi connectivity index (χ3n) is 3.50. The maximum absolute atomic E-state index is 4.44. The molecule has 3 rings (SSSR count). The van der Waals surface area contributed by atoms with Crippen LogP contribution in [0.4, 0.5) is 0 Å². The van der Waals surface area contributed by atoms with Crippen LogP contribution in [0.3, 0.4) is 0 Å². The minimum absolute atomic E-state index is 0.204. The number of hydrogen-bond donors (Lipinski definition) is 1. The van der Waals surface area contributed by atoms with Gasteiger partial charge in [-0.2, -0.15) is 0 Å². The summed E-state index contributed by atoms with van der Waals surface area (Å²) in [5, 5.41) is 7.06. The van der Waals surface area contributed by atoms with Crippen molar-refractivity contribution in [3.8, 4) is 0 Å². The third kappa shape index (κ3) is 2.47. The summed E-state index contributed by atoms with van der Waals surface area (Å²) in [6, 6.07) is 13.2. The maximum Gasteiger partial charge on any atom is 0.0606 e. The molecule has 0 aliphatic heterocycles. The van der Waals surface area contributed by atoms with Crippen molar-refractivity contribution in [2.75, 3.05) is 6.54 Å². The molecule has 0 fully saturated rings. The van der Waals surface area contributed by atoms with Gasteiger partial charge in [0.25, 0.3) is 0 Å². The van der Waals surface area contributed by atoms with E-state index in [0.29, 0.717) is 0 Å². The van der Waals surface area contributed by atoms with Crippen LogP contribution >= 0.6 is 11.3 Å². The van der Waals surface area contributed by atoms with Crippen molar-refractivity contribution in [2.24, 2.45) is 0 Å². The quantitative estimate of drug-likeness (QED) is 0.771. The lowest BCUT2D eigenvalue weighted by Gasteiger charge is -2.19. The van der Waals surface area contributed by atoms with E-state index in [1.165, 1.54) is 21.2 Å². The molecule has 3 aromatic rings. The molecule has 1 aromatic carbocycles. The molecule has 0 bridgehead atoms. The topological polar surface area (TPSA) is 24.9 Å². The molecule has 0 saturated carbocycles. The van der Waals surface area contributed by atoms with Crippen LogP contribution in [0.25, 0.3) is 10.1 Å². The number of benzene rings is 1. The van der Waals surface area contributed by atoms with Gasteiger partial charge in [0.15, 0.2) is 0 Å². The lowest BCUT2D eigenvalue weighted by atomic mass is 9.99. The Labute approximate surface area is 123 Å². The van der Waals surface area contributed by atoms with Crippen LogP contribution in [0.1, 0.15) is 29.8 Å². The van der Waals surface area contributed by atoms with Crippen molar-refractivity contribution in [1.29, 1.82) is 0 Å². The lowest BCUT2D eigenvalue weighted by molar-refractivity contribution is 0.632. The van der Waals surface area contributed by atoms with E-state index in [-0.39, 0.29) is 6.04 Å². The second kappa shape index (κ2) is 5.73. The van der Waals surface area contributed by atoms with E-state index in [0.717, 1.165) is 12.2 Å². The number of pyridine rings is 1.